The van der Waals surface area contributed by atoms with Gasteiger partial charge in [0.15, 0.2) is 11.9 Å². The molecule has 1 aromatic rings. The van der Waals surface area contributed by atoms with Crippen LogP contribution in [0, 0.1) is 0 Å². The standard InChI is InChI=1S/C11H11ClO3/c12-10-9-8(14-10)6-13-11(15-9)7-4-2-1-3-5-7/h1-5,8-11H,6H2/t8-,9+,10+,11+/m1/s1. The van der Waals surface area contributed by atoms with Crippen LogP contribution in [0.1, 0.15) is 11.9 Å². The first kappa shape index (κ1) is 9.60. The number of benzene rings is 1. The molecule has 0 radical (unpaired) electrons. The monoisotopic (exact) mass is 226 g/mol. The highest BCUT2D eigenvalue weighted by molar-refractivity contribution is 6.20. The van der Waals surface area contributed by atoms with E-state index in [1.807, 2.05) is 30.3 Å². The molecule has 0 aliphatic carbocycles. The van der Waals surface area contributed by atoms with Crippen molar-refractivity contribution >= 4 is 11.6 Å². The first-order valence-corrected chi connectivity index (χ1v) is 5.40. The average molecular weight is 227 g/mol. The summed E-state index contributed by atoms with van der Waals surface area (Å²) in [6.45, 7) is 0.549. The molecular weight excluding hydrogens is 216 g/mol. The minimum atomic E-state index is -0.329. The Balaban J connectivity index is 1.74. The van der Waals surface area contributed by atoms with Crippen molar-refractivity contribution in [2.24, 2.45) is 0 Å². The zero-order valence-electron chi connectivity index (χ0n) is 8.01. The number of alkyl halides is 1. The molecule has 4 heteroatoms. The molecule has 4 atom stereocenters. The van der Waals surface area contributed by atoms with Gasteiger partial charge in [-0.15, -0.1) is 0 Å². The fraction of sp³-hybridized carbons (Fsp3) is 0.455. The van der Waals surface area contributed by atoms with Crippen LogP contribution in [0.4, 0.5) is 0 Å². The Bertz CT molecular complexity index is 343. The molecule has 80 valence electrons. The molecule has 3 nitrogen and oxygen atoms in total. The Morgan fingerprint density at radius 3 is 2.67 bits per heavy atom. The van der Waals surface area contributed by atoms with Gasteiger partial charge in [-0.3, -0.25) is 0 Å². The van der Waals surface area contributed by atoms with Crippen LogP contribution in [0.15, 0.2) is 30.3 Å². The predicted octanol–water partition coefficient (Wildman–Crippen LogP) is 2.06. The van der Waals surface area contributed by atoms with E-state index in [1.54, 1.807) is 0 Å². The molecule has 2 aliphatic heterocycles. The summed E-state index contributed by atoms with van der Waals surface area (Å²) >= 11 is 5.87. The summed E-state index contributed by atoms with van der Waals surface area (Å²) in [6.07, 6.45) is -0.337. The molecule has 2 saturated heterocycles. The molecule has 0 spiro atoms. The maximum Gasteiger partial charge on any atom is 0.184 e. The first-order chi connectivity index (χ1) is 7.34. The number of halogens is 1. The van der Waals surface area contributed by atoms with Gasteiger partial charge in [0, 0.05) is 5.56 Å². The SMILES string of the molecule is Cl[C@H]1O[C@@H]2CO[C@H](c3ccccc3)O[C@H]12. The van der Waals surface area contributed by atoms with E-state index in [0.29, 0.717) is 6.61 Å². The minimum Gasteiger partial charge on any atom is -0.351 e. The second-order valence-corrected chi connectivity index (χ2v) is 4.13. The molecule has 15 heavy (non-hydrogen) atoms. The van der Waals surface area contributed by atoms with Gasteiger partial charge in [-0.05, 0) is 0 Å². The van der Waals surface area contributed by atoms with E-state index in [4.69, 9.17) is 25.8 Å². The van der Waals surface area contributed by atoms with Crippen molar-refractivity contribution in [2.45, 2.75) is 24.1 Å². The van der Waals surface area contributed by atoms with Crippen molar-refractivity contribution in [3.05, 3.63) is 35.9 Å². The van der Waals surface area contributed by atoms with Crippen molar-refractivity contribution in [1.29, 1.82) is 0 Å². The fourth-order valence-electron chi connectivity index (χ4n) is 1.83. The van der Waals surface area contributed by atoms with Crippen LogP contribution in [-0.2, 0) is 14.2 Å². The molecule has 0 aromatic heterocycles. The van der Waals surface area contributed by atoms with E-state index >= 15 is 0 Å². The van der Waals surface area contributed by atoms with Gasteiger partial charge < -0.3 is 14.2 Å². The van der Waals surface area contributed by atoms with Crippen LogP contribution in [0.5, 0.6) is 0 Å². The molecule has 2 fully saturated rings. The van der Waals surface area contributed by atoms with Crippen LogP contribution in [0.2, 0.25) is 0 Å². The number of ether oxygens (including phenoxy) is 3. The molecule has 0 unspecified atom stereocenters. The Morgan fingerprint density at radius 1 is 1.13 bits per heavy atom. The smallest absolute Gasteiger partial charge is 0.184 e. The van der Waals surface area contributed by atoms with E-state index in [2.05, 4.69) is 0 Å². The summed E-state index contributed by atoms with van der Waals surface area (Å²) in [5.41, 5.74) is 0.692. The summed E-state index contributed by atoms with van der Waals surface area (Å²) in [7, 11) is 0. The molecule has 0 N–H and O–H groups in total. The summed E-state index contributed by atoms with van der Waals surface area (Å²) in [5.74, 6) is 0. The van der Waals surface area contributed by atoms with Gasteiger partial charge in [-0.2, -0.15) is 0 Å². The lowest BCUT2D eigenvalue weighted by atomic mass is 10.1. The predicted molar refractivity (Wildman–Crippen MR) is 54.5 cm³/mol. The van der Waals surface area contributed by atoms with E-state index < -0.39 is 0 Å². The van der Waals surface area contributed by atoms with Crippen molar-refractivity contribution in [1.82, 2.24) is 0 Å². The lowest BCUT2D eigenvalue weighted by molar-refractivity contribution is -0.335. The molecule has 2 aliphatic rings. The Morgan fingerprint density at radius 2 is 1.93 bits per heavy atom. The highest BCUT2D eigenvalue weighted by Crippen LogP contribution is 2.37. The summed E-state index contributed by atoms with van der Waals surface area (Å²) in [4.78, 5) is 0. The fourth-order valence-corrected chi connectivity index (χ4v) is 2.19. The van der Waals surface area contributed by atoms with Crippen molar-refractivity contribution in [3.63, 3.8) is 0 Å². The second kappa shape index (κ2) is 3.76. The second-order valence-electron chi connectivity index (χ2n) is 3.70. The molecule has 2 heterocycles. The van der Waals surface area contributed by atoms with Crippen molar-refractivity contribution < 1.29 is 14.2 Å². The zero-order valence-corrected chi connectivity index (χ0v) is 8.76. The van der Waals surface area contributed by atoms with Crippen LogP contribution >= 0.6 is 11.6 Å². The summed E-state index contributed by atoms with van der Waals surface area (Å²) < 4.78 is 16.5. The maximum atomic E-state index is 5.87. The van der Waals surface area contributed by atoms with Crippen LogP contribution in [0.25, 0.3) is 0 Å². The molecule has 0 amide bonds. The number of fused-ring (bicyclic) bond motifs is 1. The largest absolute Gasteiger partial charge is 0.351 e. The number of rotatable bonds is 1. The van der Waals surface area contributed by atoms with Crippen LogP contribution < -0.4 is 0 Å². The van der Waals surface area contributed by atoms with Gasteiger partial charge in [0.2, 0.25) is 0 Å². The topological polar surface area (TPSA) is 27.7 Å². The Labute approximate surface area is 92.9 Å². The Kier molecular flexibility index (Phi) is 2.41. The van der Waals surface area contributed by atoms with Crippen molar-refractivity contribution in [3.8, 4) is 0 Å². The molecule has 0 bridgehead atoms. The normalized spacial score (nSPS) is 39.3. The van der Waals surface area contributed by atoms with E-state index in [0.717, 1.165) is 5.56 Å². The summed E-state index contributed by atoms with van der Waals surface area (Å²) in [5, 5.41) is 0. The van der Waals surface area contributed by atoms with Gasteiger partial charge in [0.25, 0.3) is 0 Å². The third kappa shape index (κ3) is 1.66. The minimum absolute atomic E-state index is 0.00691. The summed E-state index contributed by atoms with van der Waals surface area (Å²) in [6, 6.07) is 9.85. The first-order valence-electron chi connectivity index (χ1n) is 4.96. The molecular formula is C11H11ClO3. The zero-order chi connectivity index (χ0) is 10.3. The lowest BCUT2D eigenvalue weighted by Crippen LogP contribution is -2.58. The molecule has 0 saturated carbocycles. The van der Waals surface area contributed by atoms with Gasteiger partial charge in [-0.25, -0.2) is 0 Å². The van der Waals surface area contributed by atoms with E-state index in [9.17, 15) is 0 Å². The van der Waals surface area contributed by atoms with Crippen LogP contribution in [-0.4, -0.2) is 24.4 Å². The Hall–Kier alpha value is -0.610. The highest BCUT2D eigenvalue weighted by Gasteiger charge is 2.47. The average Bonchev–Trinajstić information content (AvgIpc) is 2.29. The third-order valence-electron chi connectivity index (χ3n) is 2.69. The van der Waals surface area contributed by atoms with Crippen molar-refractivity contribution in [2.75, 3.05) is 6.61 Å². The van der Waals surface area contributed by atoms with Gasteiger partial charge >= 0.3 is 0 Å². The highest BCUT2D eigenvalue weighted by atomic mass is 35.5. The quantitative estimate of drug-likeness (QED) is 0.686. The molecule has 1 aromatic carbocycles. The van der Waals surface area contributed by atoms with Gasteiger partial charge in [0.05, 0.1) is 6.61 Å². The van der Waals surface area contributed by atoms with Gasteiger partial charge in [0.1, 0.15) is 12.2 Å². The van der Waals surface area contributed by atoms with Crippen LogP contribution in [0.3, 0.4) is 0 Å². The van der Waals surface area contributed by atoms with E-state index in [1.165, 1.54) is 0 Å². The third-order valence-corrected chi connectivity index (χ3v) is 3.05. The van der Waals surface area contributed by atoms with Gasteiger partial charge in [-0.1, -0.05) is 41.9 Å². The maximum absolute atomic E-state index is 5.87. The number of hydrogen-bond acceptors (Lipinski definition) is 3. The number of hydrogen-bond donors (Lipinski definition) is 0. The molecule has 3 rings (SSSR count). The van der Waals surface area contributed by atoms with E-state index in [-0.39, 0.29) is 24.1 Å². The lowest BCUT2D eigenvalue weighted by Gasteiger charge is -2.46.